The number of fused-ring (bicyclic) bond motifs is 6. The predicted octanol–water partition coefficient (Wildman–Crippen LogP) is 5.23. The lowest BCUT2D eigenvalue weighted by Gasteiger charge is -2.47. The lowest BCUT2D eigenvalue weighted by Crippen LogP contribution is -2.55. The van der Waals surface area contributed by atoms with Gasteiger partial charge in [0.25, 0.3) is 0 Å². The molecule has 4 bridgehead atoms. The van der Waals surface area contributed by atoms with Crippen LogP contribution < -0.4 is 0 Å². The maximum absolute atomic E-state index is 15.0. The van der Waals surface area contributed by atoms with Gasteiger partial charge in [0.1, 0.15) is 11.3 Å². The van der Waals surface area contributed by atoms with Crippen LogP contribution in [-0.2, 0) is 18.6 Å². The summed E-state index contributed by atoms with van der Waals surface area (Å²) in [5.74, 6) is 0.194. The molecule has 0 N–H and O–H groups in total. The normalized spacial score (nSPS) is 33.3. The number of imidazole rings is 1. The molecule has 6 nitrogen and oxygen atoms in total. The molecule has 0 aliphatic carbocycles. The molecule has 3 aliphatic rings. The third kappa shape index (κ3) is 2.95. The van der Waals surface area contributed by atoms with Crippen molar-refractivity contribution in [1.82, 2.24) is 9.55 Å². The molecule has 10 heteroatoms. The molecule has 3 aliphatic heterocycles. The average Bonchev–Trinajstić information content (AvgIpc) is 3.22. The summed E-state index contributed by atoms with van der Waals surface area (Å²) in [6.07, 6.45) is 0.589. The van der Waals surface area contributed by atoms with E-state index in [0.717, 1.165) is 11.3 Å². The molecule has 2 aromatic rings. The average molecular weight is 507 g/mol. The highest BCUT2D eigenvalue weighted by molar-refractivity contribution is 9.10. The minimum Gasteiger partial charge on any atom is -0.405 e. The van der Waals surface area contributed by atoms with E-state index in [0.29, 0.717) is 16.4 Å². The van der Waals surface area contributed by atoms with Crippen molar-refractivity contribution in [3.63, 3.8) is 0 Å². The van der Waals surface area contributed by atoms with Gasteiger partial charge in [-0.1, -0.05) is 15.9 Å². The van der Waals surface area contributed by atoms with Crippen molar-refractivity contribution in [3.05, 3.63) is 28.2 Å². The van der Waals surface area contributed by atoms with E-state index in [-0.39, 0.29) is 17.8 Å². The molecule has 0 amide bonds. The number of rotatable bonds is 2. The maximum Gasteiger partial charge on any atom is 0.489 e. The SMILES string of the molecule is CC(C)n1c(C2CC3(C)OB(OC3(C)C)B3OC(C)(C)C2(C)O3)nc2c(F)cc(Br)cc21. The van der Waals surface area contributed by atoms with E-state index < -0.39 is 36.4 Å². The number of aromatic nitrogens is 2. The van der Waals surface area contributed by atoms with Gasteiger partial charge >= 0.3 is 14.0 Å². The standard InChI is InChI=1S/C22H30B2BrFN2O4/c1-12(2)28-16-10-13(25)9-15(26)17(16)27-18(28)14-11-21(7)19(3,4)29-23(31-21)24-30-20(5,6)22(14,8)32-24/h9-10,12,14H,11H2,1-8H3. The number of halogens is 2. The molecule has 172 valence electrons. The summed E-state index contributed by atoms with van der Waals surface area (Å²) in [6, 6.07) is 3.45. The quantitative estimate of drug-likeness (QED) is 0.522. The highest BCUT2D eigenvalue weighted by Gasteiger charge is 2.71. The highest BCUT2D eigenvalue weighted by Crippen LogP contribution is 2.56. The Hall–Kier alpha value is -0.930. The van der Waals surface area contributed by atoms with E-state index in [2.05, 4.69) is 48.2 Å². The predicted molar refractivity (Wildman–Crippen MR) is 126 cm³/mol. The molecule has 0 radical (unpaired) electrons. The van der Waals surface area contributed by atoms with Gasteiger partial charge in [0, 0.05) is 10.5 Å². The van der Waals surface area contributed by atoms with E-state index in [4.69, 9.17) is 23.6 Å². The number of nitrogens with zero attached hydrogens (tertiary/aromatic N) is 2. The molecule has 4 heterocycles. The van der Waals surface area contributed by atoms with Crippen LogP contribution in [0.2, 0.25) is 0 Å². The Morgan fingerprint density at radius 3 is 2.31 bits per heavy atom. The number of benzene rings is 1. The van der Waals surface area contributed by atoms with E-state index in [1.54, 1.807) is 0 Å². The monoisotopic (exact) mass is 506 g/mol. The largest absolute Gasteiger partial charge is 0.489 e. The fraction of sp³-hybridized carbons (Fsp3) is 0.682. The van der Waals surface area contributed by atoms with Crippen LogP contribution in [0.5, 0.6) is 0 Å². The zero-order valence-electron chi connectivity index (χ0n) is 20.0. The lowest BCUT2D eigenvalue weighted by atomic mass is 9.49. The molecule has 1 aromatic heterocycles. The summed E-state index contributed by atoms with van der Waals surface area (Å²) in [5, 5.41) is 0. The lowest BCUT2D eigenvalue weighted by molar-refractivity contribution is -0.0748. The van der Waals surface area contributed by atoms with Crippen LogP contribution in [0.25, 0.3) is 11.0 Å². The van der Waals surface area contributed by atoms with Crippen LogP contribution in [0.4, 0.5) is 4.39 Å². The minimum absolute atomic E-state index is 0.0632. The van der Waals surface area contributed by atoms with E-state index >= 15 is 0 Å². The van der Waals surface area contributed by atoms with E-state index in [9.17, 15) is 4.39 Å². The van der Waals surface area contributed by atoms with Crippen molar-refractivity contribution in [2.45, 2.75) is 96.2 Å². The van der Waals surface area contributed by atoms with Crippen LogP contribution >= 0.6 is 15.9 Å². The highest BCUT2D eigenvalue weighted by atomic mass is 79.9. The number of hydrogen-bond acceptors (Lipinski definition) is 5. The second-order valence-electron chi connectivity index (χ2n) is 11.0. The fourth-order valence-corrected chi connectivity index (χ4v) is 5.94. The van der Waals surface area contributed by atoms with Gasteiger partial charge in [0.2, 0.25) is 0 Å². The van der Waals surface area contributed by atoms with Crippen LogP contribution in [0.1, 0.15) is 79.6 Å². The van der Waals surface area contributed by atoms with Gasteiger partial charge in [-0.3, -0.25) is 0 Å². The maximum atomic E-state index is 15.0. The van der Waals surface area contributed by atoms with Crippen LogP contribution in [-0.4, -0.2) is 46.0 Å². The first-order valence-corrected chi connectivity index (χ1v) is 12.1. The topological polar surface area (TPSA) is 54.7 Å². The van der Waals surface area contributed by atoms with Gasteiger partial charge in [-0.25, -0.2) is 9.37 Å². The summed E-state index contributed by atoms with van der Waals surface area (Å²) >= 11 is 3.44. The van der Waals surface area contributed by atoms with Crippen LogP contribution in [0, 0.1) is 5.82 Å². The van der Waals surface area contributed by atoms with Crippen molar-refractivity contribution in [1.29, 1.82) is 0 Å². The zero-order valence-corrected chi connectivity index (χ0v) is 21.5. The molecule has 0 saturated carbocycles. The van der Waals surface area contributed by atoms with Crippen molar-refractivity contribution in [2.24, 2.45) is 0 Å². The Bertz CT molecular complexity index is 1110. The smallest absolute Gasteiger partial charge is 0.405 e. The molecule has 0 spiro atoms. The second-order valence-corrected chi connectivity index (χ2v) is 11.9. The van der Waals surface area contributed by atoms with E-state index in [1.807, 2.05) is 33.8 Å². The zero-order chi connectivity index (χ0) is 23.4. The molecule has 1 aromatic carbocycles. The first-order chi connectivity index (χ1) is 14.7. The first kappa shape index (κ1) is 22.8. The summed E-state index contributed by atoms with van der Waals surface area (Å²) in [7, 11) is -1.25. The summed E-state index contributed by atoms with van der Waals surface area (Å²) in [6.45, 7) is 16.5. The van der Waals surface area contributed by atoms with Gasteiger partial charge in [0.15, 0.2) is 5.82 Å². The Labute approximate surface area is 197 Å². The molecule has 3 unspecified atom stereocenters. The van der Waals surface area contributed by atoms with Crippen molar-refractivity contribution in [2.75, 3.05) is 0 Å². The van der Waals surface area contributed by atoms with Gasteiger partial charge in [-0.2, -0.15) is 0 Å². The molecule has 32 heavy (non-hydrogen) atoms. The van der Waals surface area contributed by atoms with Crippen LogP contribution in [0.3, 0.4) is 0 Å². The molecular weight excluding hydrogens is 477 g/mol. The van der Waals surface area contributed by atoms with Gasteiger partial charge in [-0.15, -0.1) is 0 Å². The van der Waals surface area contributed by atoms with Gasteiger partial charge in [0.05, 0.1) is 33.8 Å². The van der Waals surface area contributed by atoms with Crippen LogP contribution in [0.15, 0.2) is 16.6 Å². The van der Waals surface area contributed by atoms with Gasteiger partial charge in [-0.05, 0) is 73.9 Å². The summed E-state index contributed by atoms with van der Waals surface area (Å²) in [5.41, 5.74) is -1.41. The Balaban J connectivity index is 1.78. The van der Waals surface area contributed by atoms with Gasteiger partial charge < -0.3 is 23.2 Å². The Morgan fingerprint density at radius 2 is 1.66 bits per heavy atom. The third-order valence-corrected chi connectivity index (χ3v) is 8.54. The summed E-state index contributed by atoms with van der Waals surface area (Å²) < 4.78 is 43.5. The molecule has 3 fully saturated rings. The first-order valence-electron chi connectivity index (χ1n) is 11.3. The van der Waals surface area contributed by atoms with E-state index in [1.165, 1.54) is 6.07 Å². The Kier molecular flexibility index (Phi) is 4.86. The molecule has 3 atom stereocenters. The number of hydrogen-bond donors (Lipinski definition) is 0. The minimum atomic E-state index is -0.730. The second kappa shape index (κ2) is 6.81. The third-order valence-electron chi connectivity index (χ3n) is 8.08. The molecule has 3 saturated heterocycles. The molecule has 5 rings (SSSR count). The summed E-state index contributed by atoms with van der Waals surface area (Å²) in [4.78, 5) is 4.89. The van der Waals surface area contributed by atoms with Crippen molar-refractivity contribution < 1.29 is 23.0 Å². The molecular formula is C22H30B2BrFN2O4. The van der Waals surface area contributed by atoms with Crippen molar-refractivity contribution in [3.8, 4) is 0 Å². The van der Waals surface area contributed by atoms with Crippen molar-refractivity contribution >= 4 is 41.0 Å². The Morgan fingerprint density at radius 1 is 1.03 bits per heavy atom. The fourth-order valence-electron chi connectivity index (χ4n) is 5.52.